The Morgan fingerprint density at radius 2 is 1.89 bits per heavy atom. The summed E-state index contributed by atoms with van der Waals surface area (Å²) in [4.78, 5) is 10.8. The van der Waals surface area contributed by atoms with E-state index in [2.05, 4.69) is 33.2 Å². The highest BCUT2D eigenvalue weighted by Gasteiger charge is 2.22. The number of rotatable bonds is 4. The molecular weight excluding hydrogens is 357 g/mol. The highest BCUT2D eigenvalue weighted by Crippen LogP contribution is 2.29. The Labute approximate surface area is 126 Å². The summed E-state index contributed by atoms with van der Waals surface area (Å²) in [6, 6.07) is 6.24. The standard InChI is InChI=1S/C13H18IN3O2/c1-15-10-3-5-11(6-4-10)16-12-7-2-9(14)8-13(12)17(18)19/h2,7-8,10-11,15-16H,3-6H2,1H3. The van der Waals surface area contributed by atoms with Gasteiger partial charge in [-0.15, -0.1) is 0 Å². The Balaban J connectivity index is 2.05. The van der Waals surface area contributed by atoms with E-state index in [4.69, 9.17) is 0 Å². The quantitative estimate of drug-likeness (QED) is 0.482. The van der Waals surface area contributed by atoms with Crippen LogP contribution in [-0.2, 0) is 0 Å². The van der Waals surface area contributed by atoms with E-state index in [1.165, 1.54) is 0 Å². The first-order chi connectivity index (χ1) is 9.10. The summed E-state index contributed by atoms with van der Waals surface area (Å²) in [5, 5.41) is 17.7. The molecule has 0 radical (unpaired) electrons. The van der Waals surface area contributed by atoms with Gasteiger partial charge in [0.15, 0.2) is 0 Å². The van der Waals surface area contributed by atoms with E-state index in [1.807, 2.05) is 19.2 Å². The Kier molecular flexibility index (Phi) is 4.98. The lowest BCUT2D eigenvalue weighted by Gasteiger charge is -2.29. The van der Waals surface area contributed by atoms with Crippen molar-refractivity contribution in [1.29, 1.82) is 0 Å². The van der Waals surface area contributed by atoms with Gasteiger partial charge in [0.05, 0.1) is 4.92 Å². The number of anilines is 1. The zero-order chi connectivity index (χ0) is 13.8. The average Bonchev–Trinajstić information content (AvgIpc) is 2.41. The largest absolute Gasteiger partial charge is 0.377 e. The minimum Gasteiger partial charge on any atom is -0.377 e. The fraction of sp³-hybridized carbons (Fsp3) is 0.538. The van der Waals surface area contributed by atoms with Crippen LogP contribution in [0.3, 0.4) is 0 Å². The maximum Gasteiger partial charge on any atom is 0.293 e. The molecule has 0 amide bonds. The van der Waals surface area contributed by atoms with Crippen molar-refractivity contribution < 1.29 is 4.92 Å². The zero-order valence-corrected chi connectivity index (χ0v) is 13.0. The van der Waals surface area contributed by atoms with Crippen LogP contribution in [-0.4, -0.2) is 24.1 Å². The molecule has 1 fully saturated rings. The normalized spacial score (nSPS) is 23.1. The monoisotopic (exact) mass is 375 g/mol. The Bertz CT molecular complexity index is 459. The van der Waals surface area contributed by atoms with E-state index in [9.17, 15) is 10.1 Å². The van der Waals surface area contributed by atoms with Crippen molar-refractivity contribution in [3.05, 3.63) is 31.9 Å². The van der Waals surface area contributed by atoms with Gasteiger partial charge in [0.2, 0.25) is 0 Å². The lowest BCUT2D eigenvalue weighted by molar-refractivity contribution is -0.384. The van der Waals surface area contributed by atoms with Gasteiger partial charge in [-0.25, -0.2) is 0 Å². The molecule has 0 heterocycles. The average molecular weight is 375 g/mol. The van der Waals surface area contributed by atoms with Gasteiger partial charge >= 0.3 is 0 Å². The van der Waals surface area contributed by atoms with E-state index in [0.29, 0.717) is 17.8 Å². The van der Waals surface area contributed by atoms with Gasteiger partial charge in [-0.3, -0.25) is 10.1 Å². The molecule has 0 unspecified atom stereocenters. The lowest BCUT2D eigenvalue weighted by Crippen LogP contribution is -2.35. The molecule has 0 bridgehead atoms. The Morgan fingerprint density at radius 1 is 1.26 bits per heavy atom. The molecule has 0 saturated heterocycles. The molecule has 5 nitrogen and oxygen atoms in total. The van der Waals surface area contributed by atoms with Gasteiger partial charge in [0.25, 0.3) is 5.69 Å². The van der Waals surface area contributed by atoms with Gasteiger partial charge in [0, 0.05) is 21.7 Å². The molecule has 1 saturated carbocycles. The molecule has 0 aliphatic heterocycles. The second-order valence-corrected chi connectivity index (χ2v) is 6.15. The minimum absolute atomic E-state index is 0.169. The molecule has 6 heteroatoms. The fourth-order valence-corrected chi connectivity index (χ4v) is 3.00. The van der Waals surface area contributed by atoms with E-state index in [1.54, 1.807) is 6.07 Å². The summed E-state index contributed by atoms with van der Waals surface area (Å²) in [7, 11) is 1.99. The number of nitrogens with one attached hydrogen (secondary N) is 2. The molecule has 0 atom stereocenters. The maximum absolute atomic E-state index is 11.1. The van der Waals surface area contributed by atoms with E-state index < -0.39 is 0 Å². The van der Waals surface area contributed by atoms with E-state index >= 15 is 0 Å². The number of nitrogens with zero attached hydrogens (tertiary/aromatic N) is 1. The van der Waals surface area contributed by atoms with Crippen molar-refractivity contribution >= 4 is 34.0 Å². The Hall–Kier alpha value is -0.890. The van der Waals surface area contributed by atoms with Gasteiger partial charge in [0.1, 0.15) is 5.69 Å². The molecule has 2 N–H and O–H groups in total. The van der Waals surface area contributed by atoms with Crippen LogP contribution in [0.5, 0.6) is 0 Å². The smallest absolute Gasteiger partial charge is 0.293 e. The van der Waals surface area contributed by atoms with Crippen molar-refractivity contribution in [3.8, 4) is 0 Å². The SMILES string of the molecule is CNC1CCC(Nc2ccc(I)cc2[N+](=O)[O-])CC1. The molecule has 19 heavy (non-hydrogen) atoms. The van der Waals surface area contributed by atoms with Gasteiger partial charge < -0.3 is 10.6 Å². The molecule has 2 rings (SSSR count). The van der Waals surface area contributed by atoms with Crippen LogP contribution < -0.4 is 10.6 Å². The second kappa shape index (κ2) is 6.51. The fourth-order valence-electron chi connectivity index (χ4n) is 2.52. The van der Waals surface area contributed by atoms with Crippen LogP contribution in [0.4, 0.5) is 11.4 Å². The number of halogens is 1. The molecule has 1 aromatic carbocycles. The zero-order valence-electron chi connectivity index (χ0n) is 10.9. The summed E-state index contributed by atoms with van der Waals surface area (Å²) < 4.78 is 0.883. The van der Waals surface area contributed by atoms with Gasteiger partial charge in [-0.05, 0) is 67.5 Å². The van der Waals surface area contributed by atoms with Crippen molar-refractivity contribution in [1.82, 2.24) is 5.32 Å². The molecule has 1 aliphatic carbocycles. The van der Waals surface area contributed by atoms with Crippen molar-refractivity contribution in [3.63, 3.8) is 0 Å². The molecule has 0 aromatic heterocycles. The summed E-state index contributed by atoms with van der Waals surface area (Å²) in [6.07, 6.45) is 4.34. The number of hydrogen-bond donors (Lipinski definition) is 2. The topological polar surface area (TPSA) is 67.2 Å². The van der Waals surface area contributed by atoms with Crippen LogP contribution in [0.1, 0.15) is 25.7 Å². The van der Waals surface area contributed by atoms with Gasteiger partial charge in [-0.1, -0.05) is 0 Å². The van der Waals surface area contributed by atoms with Crippen molar-refractivity contribution in [2.75, 3.05) is 12.4 Å². The highest BCUT2D eigenvalue weighted by atomic mass is 127. The summed E-state index contributed by atoms with van der Waals surface area (Å²) in [5.41, 5.74) is 0.806. The third-order valence-electron chi connectivity index (χ3n) is 3.65. The first kappa shape index (κ1) is 14.5. The molecule has 0 spiro atoms. The van der Waals surface area contributed by atoms with Crippen LogP contribution in [0.2, 0.25) is 0 Å². The summed E-state index contributed by atoms with van der Waals surface area (Å²) in [5.74, 6) is 0. The summed E-state index contributed by atoms with van der Waals surface area (Å²) >= 11 is 2.09. The predicted molar refractivity (Wildman–Crippen MR) is 84.5 cm³/mol. The maximum atomic E-state index is 11.1. The van der Waals surface area contributed by atoms with E-state index in [0.717, 1.165) is 29.3 Å². The second-order valence-electron chi connectivity index (χ2n) is 4.90. The van der Waals surface area contributed by atoms with Crippen molar-refractivity contribution in [2.24, 2.45) is 0 Å². The van der Waals surface area contributed by atoms with Crippen molar-refractivity contribution in [2.45, 2.75) is 37.8 Å². The number of nitro groups is 1. The van der Waals surface area contributed by atoms with Crippen LogP contribution >= 0.6 is 22.6 Å². The third-order valence-corrected chi connectivity index (χ3v) is 4.32. The lowest BCUT2D eigenvalue weighted by atomic mass is 9.91. The number of benzene rings is 1. The molecular formula is C13H18IN3O2. The number of nitro benzene ring substituents is 1. The van der Waals surface area contributed by atoms with Crippen LogP contribution in [0, 0.1) is 13.7 Å². The third kappa shape index (κ3) is 3.79. The molecule has 1 aliphatic rings. The summed E-state index contributed by atoms with van der Waals surface area (Å²) in [6.45, 7) is 0. The van der Waals surface area contributed by atoms with Gasteiger partial charge in [-0.2, -0.15) is 0 Å². The number of hydrogen-bond acceptors (Lipinski definition) is 4. The first-order valence-corrected chi connectivity index (χ1v) is 7.55. The first-order valence-electron chi connectivity index (χ1n) is 6.48. The predicted octanol–water partition coefficient (Wildman–Crippen LogP) is 3.14. The van der Waals surface area contributed by atoms with Crippen LogP contribution in [0.15, 0.2) is 18.2 Å². The molecule has 104 valence electrons. The minimum atomic E-state index is -0.316. The van der Waals surface area contributed by atoms with E-state index in [-0.39, 0.29) is 10.6 Å². The highest BCUT2D eigenvalue weighted by molar-refractivity contribution is 14.1. The Morgan fingerprint density at radius 3 is 2.47 bits per heavy atom. The van der Waals surface area contributed by atoms with Crippen LogP contribution in [0.25, 0.3) is 0 Å². The molecule has 1 aromatic rings.